The minimum atomic E-state index is -0.390. The molecule has 2 rings (SSSR count). The van der Waals surface area contributed by atoms with Gasteiger partial charge in [-0.15, -0.1) is 0 Å². The molecule has 0 aromatic heterocycles. The van der Waals surface area contributed by atoms with Gasteiger partial charge >= 0.3 is 0 Å². The summed E-state index contributed by atoms with van der Waals surface area (Å²) in [6.45, 7) is 1.70. The van der Waals surface area contributed by atoms with Gasteiger partial charge < -0.3 is 0 Å². The van der Waals surface area contributed by atoms with Gasteiger partial charge in [-0.1, -0.05) is 49.4 Å². The van der Waals surface area contributed by atoms with Crippen molar-refractivity contribution in [2.45, 2.75) is 13.3 Å². The fourth-order valence-corrected chi connectivity index (χ4v) is 1.73. The normalized spacial score (nSPS) is 10.3. The van der Waals surface area contributed by atoms with Gasteiger partial charge in [0, 0.05) is 12.0 Å². The van der Waals surface area contributed by atoms with Crippen LogP contribution in [0.5, 0.6) is 0 Å². The van der Waals surface area contributed by atoms with E-state index in [1.165, 1.54) is 0 Å². The van der Waals surface area contributed by atoms with E-state index >= 15 is 0 Å². The van der Waals surface area contributed by atoms with Crippen LogP contribution in [-0.4, -0.2) is 11.6 Å². The third-order valence-corrected chi connectivity index (χ3v) is 2.61. The third-order valence-electron chi connectivity index (χ3n) is 2.61. The van der Waals surface area contributed by atoms with Crippen LogP contribution in [-0.2, 0) is 4.79 Å². The van der Waals surface area contributed by atoms with Crippen LogP contribution >= 0.6 is 0 Å². The number of hydrogen-bond acceptors (Lipinski definition) is 2. The summed E-state index contributed by atoms with van der Waals surface area (Å²) in [5.41, 5.74) is 0.505. The number of fused-ring (bicyclic) bond motifs is 1. The largest absolute Gasteiger partial charge is 0.290 e. The first kappa shape index (κ1) is 10.6. The quantitative estimate of drug-likeness (QED) is 0.579. The molecule has 16 heavy (non-hydrogen) atoms. The molecule has 0 N–H and O–H groups in total. The van der Waals surface area contributed by atoms with E-state index in [1.54, 1.807) is 19.1 Å². The molecule has 0 saturated carbocycles. The van der Waals surface area contributed by atoms with Crippen LogP contribution in [0.25, 0.3) is 10.8 Å². The molecule has 0 aliphatic rings. The number of rotatable bonds is 3. The van der Waals surface area contributed by atoms with Gasteiger partial charge in [0.25, 0.3) is 0 Å². The Hall–Kier alpha value is -1.96. The fraction of sp³-hybridized carbons (Fsp3) is 0.143. The van der Waals surface area contributed by atoms with Crippen LogP contribution in [0.15, 0.2) is 42.5 Å². The number of hydrogen-bond donors (Lipinski definition) is 0. The third kappa shape index (κ3) is 1.74. The maximum Gasteiger partial charge on any atom is 0.229 e. The lowest BCUT2D eigenvalue weighted by Gasteiger charge is -2.03. The van der Waals surface area contributed by atoms with Gasteiger partial charge in [-0.05, 0) is 10.8 Å². The summed E-state index contributed by atoms with van der Waals surface area (Å²) >= 11 is 0. The average molecular weight is 212 g/mol. The van der Waals surface area contributed by atoms with Crippen molar-refractivity contribution in [2.24, 2.45) is 0 Å². The highest BCUT2D eigenvalue weighted by Crippen LogP contribution is 2.19. The molecular formula is C14H12O2. The predicted octanol–water partition coefficient (Wildman–Crippen LogP) is 3.00. The molecule has 0 fully saturated rings. The molecule has 80 valence electrons. The fourth-order valence-electron chi connectivity index (χ4n) is 1.73. The molecule has 0 radical (unpaired) electrons. The van der Waals surface area contributed by atoms with Crippen molar-refractivity contribution in [1.29, 1.82) is 0 Å². The van der Waals surface area contributed by atoms with E-state index in [0.717, 1.165) is 10.8 Å². The Morgan fingerprint density at radius 2 is 1.69 bits per heavy atom. The lowest BCUT2D eigenvalue weighted by atomic mass is 9.99. The first-order valence-corrected chi connectivity index (χ1v) is 5.29. The van der Waals surface area contributed by atoms with E-state index in [-0.39, 0.29) is 18.0 Å². The number of Topliss-reactive ketones (excluding diaryl/α,β-unsaturated/α-hetero) is 2. The Morgan fingerprint density at radius 1 is 1.00 bits per heavy atom. The van der Waals surface area contributed by atoms with Crippen molar-refractivity contribution >= 4 is 22.3 Å². The van der Waals surface area contributed by atoms with Gasteiger partial charge in [-0.3, -0.25) is 9.59 Å². The van der Waals surface area contributed by atoms with E-state index in [2.05, 4.69) is 0 Å². The molecule has 2 aromatic rings. The van der Waals surface area contributed by atoms with Crippen molar-refractivity contribution in [3.8, 4) is 0 Å². The molecule has 0 aliphatic heterocycles. The van der Waals surface area contributed by atoms with Crippen molar-refractivity contribution < 1.29 is 9.59 Å². The first-order chi connectivity index (χ1) is 7.74. The predicted molar refractivity (Wildman–Crippen MR) is 63.6 cm³/mol. The van der Waals surface area contributed by atoms with Crippen molar-refractivity contribution in [2.75, 3.05) is 0 Å². The van der Waals surface area contributed by atoms with Gasteiger partial charge in [-0.2, -0.15) is 0 Å². The number of ketones is 2. The maximum atomic E-state index is 11.8. The molecule has 0 unspecified atom stereocenters. The van der Waals surface area contributed by atoms with Crippen molar-refractivity contribution in [3.05, 3.63) is 48.0 Å². The van der Waals surface area contributed by atoms with Crippen LogP contribution in [0.1, 0.15) is 23.7 Å². The number of benzene rings is 2. The van der Waals surface area contributed by atoms with Gasteiger partial charge in [0.1, 0.15) is 0 Å². The first-order valence-electron chi connectivity index (χ1n) is 5.29. The van der Waals surface area contributed by atoms with E-state index in [1.807, 2.05) is 30.3 Å². The molecule has 0 spiro atoms. The lowest BCUT2D eigenvalue weighted by molar-refractivity contribution is -0.114. The molecule has 0 aliphatic carbocycles. The summed E-state index contributed by atoms with van der Waals surface area (Å²) in [6.07, 6.45) is 0.252. The zero-order valence-electron chi connectivity index (χ0n) is 9.07. The summed E-state index contributed by atoms with van der Waals surface area (Å²) in [6, 6.07) is 13.0. The summed E-state index contributed by atoms with van der Waals surface area (Å²) < 4.78 is 0. The van der Waals surface area contributed by atoms with Crippen molar-refractivity contribution in [3.63, 3.8) is 0 Å². The van der Waals surface area contributed by atoms with E-state index in [9.17, 15) is 9.59 Å². The van der Waals surface area contributed by atoms with Crippen molar-refractivity contribution in [1.82, 2.24) is 0 Å². The standard InChI is InChI=1S/C14H12O2/c1-2-13(15)14(16)12-9-5-7-10-6-3-4-8-11(10)12/h3-9H,2H2,1H3. The molecule has 0 amide bonds. The number of carbonyl (C=O) groups is 2. The van der Waals surface area contributed by atoms with Gasteiger partial charge in [0.2, 0.25) is 11.6 Å². The van der Waals surface area contributed by atoms with Crippen LogP contribution in [0.2, 0.25) is 0 Å². The smallest absolute Gasteiger partial charge is 0.229 e. The molecule has 2 heteroatoms. The second-order valence-electron chi connectivity index (χ2n) is 3.63. The monoisotopic (exact) mass is 212 g/mol. The van der Waals surface area contributed by atoms with Gasteiger partial charge in [-0.25, -0.2) is 0 Å². The van der Waals surface area contributed by atoms with Crippen LogP contribution in [0.3, 0.4) is 0 Å². The highest BCUT2D eigenvalue weighted by Gasteiger charge is 2.15. The molecule has 0 heterocycles. The van der Waals surface area contributed by atoms with Crippen LogP contribution in [0, 0.1) is 0 Å². The van der Waals surface area contributed by atoms with Gasteiger partial charge in [0.05, 0.1) is 0 Å². The molecule has 0 saturated heterocycles. The van der Waals surface area contributed by atoms with E-state index in [4.69, 9.17) is 0 Å². The highest BCUT2D eigenvalue weighted by atomic mass is 16.2. The Morgan fingerprint density at radius 3 is 2.44 bits per heavy atom. The summed E-state index contributed by atoms with van der Waals surface area (Å²) in [5, 5.41) is 1.83. The molecule has 0 atom stereocenters. The molecule has 2 nitrogen and oxygen atoms in total. The SMILES string of the molecule is CCC(=O)C(=O)c1cccc2ccccc12. The second-order valence-corrected chi connectivity index (χ2v) is 3.63. The summed E-state index contributed by atoms with van der Waals surface area (Å²) in [7, 11) is 0. The summed E-state index contributed by atoms with van der Waals surface area (Å²) in [4.78, 5) is 23.2. The topological polar surface area (TPSA) is 34.1 Å². The van der Waals surface area contributed by atoms with E-state index < -0.39 is 0 Å². The Bertz CT molecular complexity index is 550. The zero-order valence-corrected chi connectivity index (χ0v) is 9.07. The highest BCUT2D eigenvalue weighted by molar-refractivity contribution is 6.45. The molecule has 2 aromatic carbocycles. The minimum Gasteiger partial charge on any atom is -0.290 e. The Kier molecular flexibility index (Phi) is 2.82. The second kappa shape index (κ2) is 4.27. The maximum absolute atomic E-state index is 11.8. The zero-order chi connectivity index (χ0) is 11.5. The number of carbonyl (C=O) groups excluding carboxylic acids is 2. The van der Waals surface area contributed by atoms with Crippen LogP contribution in [0.4, 0.5) is 0 Å². The van der Waals surface area contributed by atoms with E-state index in [0.29, 0.717) is 5.56 Å². The summed E-state index contributed by atoms with van der Waals surface area (Å²) in [5.74, 6) is -0.726. The van der Waals surface area contributed by atoms with Crippen LogP contribution < -0.4 is 0 Å². The lowest BCUT2D eigenvalue weighted by Crippen LogP contribution is -2.12. The average Bonchev–Trinajstić information content (AvgIpc) is 2.36. The molecular weight excluding hydrogens is 200 g/mol. The minimum absolute atomic E-state index is 0.252. The Labute approximate surface area is 93.9 Å². The Balaban J connectivity index is 2.61. The molecule has 0 bridgehead atoms. The van der Waals surface area contributed by atoms with Gasteiger partial charge in [0.15, 0.2) is 0 Å².